The molecule has 0 aliphatic rings. The summed E-state index contributed by atoms with van der Waals surface area (Å²) < 4.78 is 48.3. The van der Waals surface area contributed by atoms with Gasteiger partial charge in [0.2, 0.25) is 10.0 Å². The number of hydrogen-bond acceptors (Lipinski definition) is 5. The summed E-state index contributed by atoms with van der Waals surface area (Å²) in [6.07, 6.45) is 1.05. The molecule has 1 atom stereocenters. The molecule has 1 aromatic rings. The van der Waals surface area contributed by atoms with Crippen LogP contribution in [-0.4, -0.2) is 34.9 Å². The molecule has 0 aliphatic carbocycles. The number of benzene rings is 1. The number of sulfone groups is 1. The lowest BCUT2D eigenvalue weighted by Gasteiger charge is -2.13. The molecule has 1 unspecified atom stereocenters. The average Bonchev–Trinajstić information content (AvgIpc) is 2.13. The highest BCUT2D eigenvalue weighted by molar-refractivity contribution is 7.91. The Balaban J connectivity index is 2.89. The van der Waals surface area contributed by atoms with E-state index in [1.165, 1.54) is 25.1 Å². The van der Waals surface area contributed by atoms with E-state index >= 15 is 0 Å². The monoisotopic (exact) mass is 292 g/mol. The van der Waals surface area contributed by atoms with Gasteiger partial charge >= 0.3 is 0 Å². The van der Waals surface area contributed by atoms with Crippen molar-refractivity contribution in [3.63, 3.8) is 0 Å². The fourth-order valence-electron chi connectivity index (χ4n) is 1.50. The summed E-state index contributed by atoms with van der Waals surface area (Å²) in [6, 6.07) is 5.09. The van der Waals surface area contributed by atoms with Crippen LogP contribution in [0.5, 0.6) is 0 Å². The summed E-state index contributed by atoms with van der Waals surface area (Å²) in [7, 11) is -6.99. The van der Waals surface area contributed by atoms with Crippen LogP contribution >= 0.6 is 0 Å². The number of nitrogens with two attached hydrogens (primary N) is 1. The first-order chi connectivity index (χ1) is 8.10. The van der Waals surface area contributed by atoms with E-state index in [0.717, 1.165) is 6.26 Å². The molecule has 0 heterocycles. The van der Waals surface area contributed by atoms with E-state index in [-0.39, 0.29) is 10.6 Å². The summed E-state index contributed by atoms with van der Waals surface area (Å²) in [6.45, 7) is 1.49. The Morgan fingerprint density at radius 2 is 1.89 bits per heavy atom. The van der Waals surface area contributed by atoms with E-state index in [4.69, 9.17) is 5.73 Å². The first kappa shape index (κ1) is 14.9. The van der Waals surface area contributed by atoms with Crippen LogP contribution in [0.1, 0.15) is 6.92 Å². The Morgan fingerprint density at radius 3 is 2.39 bits per heavy atom. The zero-order valence-corrected chi connectivity index (χ0v) is 11.8. The number of hydrogen-bond donors (Lipinski definition) is 2. The van der Waals surface area contributed by atoms with E-state index in [1.807, 2.05) is 0 Å². The second-order valence-corrected chi connectivity index (χ2v) is 8.09. The topological polar surface area (TPSA) is 106 Å². The van der Waals surface area contributed by atoms with Crippen molar-refractivity contribution in [2.75, 3.05) is 17.7 Å². The zero-order chi connectivity index (χ0) is 14.0. The summed E-state index contributed by atoms with van der Waals surface area (Å²) >= 11 is 0. The highest BCUT2D eigenvalue weighted by atomic mass is 32.2. The highest BCUT2D eigenvalue weighted by Crippen LogP contribution is 2.13. The van der Waals surface area contributed by atoms with E-state index in [1.54, 1.807) is 6.07 Å². The Labute approximate surface area is 107 Å². The molecule has 0 radical (unpaired) electrons. The molecule has 0 aromatic heterocycles. The second-order valence-electron chi connectivity index (χ2n) is 4.19. The predicted molar refractivity (Wildman–Crippen MR) is 70.3 cm³/mol. The van der Waals surface area contributed by atoms with Crippen LogP contribution in [-0.2, 0) is 19.9 Å². The lowest BCUT2D eigenvalue weighted by atomic mass is 10.3. The number of anilines is 1. The van der Waals surface area contributed by atoms with Gasteiger partial charge in [-0.3, -0.25) is 0 Å². The smallest absolute Gasteiger partial charge is 0.240 e. The van der Waals surface area contributed by atoms with Crippen molar-refractivity contribution in [2.24, 2.45) is 0 Å². The van der Waals surface area contributed by atoms with Crippen molar-refractivity contribution in [1.29, 1.82) is 0 Å². The molecular weight excluding hydrogens is 276 g/mol. The van der Waals surface area contributed by atoms with Gasteiger partial charge in [-0.25, -0.2) is 21.6 Å². The molecule has 0 amide bonds. The Bertz CT molecular complexity index is 623. The van der Waals surface area contributed by atoms with Crippen LogP contribution in [0.4, 0.5) is 5.69 Å². The van der Waals surface area contributed by atoms with Gasteiger partial charge in [0.1, 0.15) is 9.84 Å². The van der Waals surface area contributed by atoms with Gasteiger partial charge in [0.05, 0.1) is 10.6 Å². The summed E-state index contributed by atoms with van der Waals surface area (Å²) in [5.74, 6) is -0.255. The fourth-order valence-corrected chi connectivity index (χ4v) is 3.90. The molecule has 6 nitrogen and oxygen atoms in total. The van der Waals surface area contributed by atoms with Crippen LogP contribution in [0.2, 0.25) is 0 Å². The number of sulfonamides is 1. The lowest BCUT2D eigenvalue weighted by molar-refractivity contribution is 0.564. The van der Waals surface area contributed by atoms with E-state index in [9.17, 15) is 16.8 Å². The minimum atomic E-state index is -3.75. The van der Waals surface area contributed by atoms with Crippen LogP contribution in [0, 0.1) is 0 Å². The molecule has 1 rings (SSSR count). The van der Waals surface area contributed by atoms with Gasteiger partial charge in [0.25, 0.3) is 0 Å². The molecule has 3 N–H and O–H groups in total. The van der Waals surface area contributed by atoms with Gasteiger partial charge < -0.3 is 5.73 Å². The molecule has 0 saturated heterocycles. The Kier molecular flexibility index (Phi) is 4.36. The first-order valence-electron chi connectivity index (χ1n) is 5.16. The van der Waals surface area contributed by atoms with E-state index < -0.39 is 25.9 Å². The SMILES string of the molecule is CC(CS(C)(=O)=O)NS(=O)(=O)c1cccc(N)c1. The molecule has 0 saturated carbocycles. The Morgan fingerprint density at radius 1 is 1.28 bits per heavy atom. The van der Waals surface area contributed by atoms with Crippen molar-refractivity contribution < 1.29 is 16.8 Å². The molecule has 1 aromatic carbocycles. The maximum atomic E-state index is 11.9. The third kappa shape index (κ3) is 4.63. The number of nitrogens with one attached hydrogen (secondary N) is 1. The summed E-state index contributed by atoms with van der Waals surface area (Å²) in [5, 5.41) is 0. The molecule has 0 spiro atoms. The molecule has 0 aliphatic heterocycles. The van der Waals surface area contributed by atoms with Crippen molar-refractivity contribution in [3.05, 3.63) is 24.3 Å². The normalized spacial score (nSPS) is 14.3. The largest absolute Gasteiger partial charge is 0.399 e. The van der Waals surface area contributed by atoms with Crippen LogP contribution in [0.15, 0.2) is 29.2 Å². The van der Waals surface area contributed by atoms with E-state index in [0.29, 0.717) is 5.69 Å². The molecule has 102 valence electrons. The average molecular weight is 292 g/mol. The quantitative estimate of drug-likeness (QED) is 0.742. The Hall–Kier alpha value is -1.12. The third-order valence-electron chi connectivity index (χ3n) is 2.08. The van der Waals surface area contributed by atoms with Crippen molar-refractivity contribution in [1.82, 2.24) is 4.72 Å². The van der Waals surface area contributed by atoms with Gasteiger partial charge in [-0.15, -0.1) is 0 Å². The van der Waals surface area contributed by atoms with Crippen molar-refractivity contribution in [2.45, 2.75) is 17.9 Å². The van der Waals surface area contributed by atoms with Gasteiger partial charge in [-0.2, -0.15) is 0 Å². The lowest BCUT2D eigenvalue weighted by Crippen LogP contribution is -2.37. The fraction of sp³-hybridized carbons (Fsp3) is 0.400. The van der Waals surface area contributed by atoms with Crippen molar-refractivity contribution >= 4 is 25.5 Å². The maximum Gasteiger partial charge on any atom is 0.240 e. The maximum absolute atomic E-state index is 11.9. The zero-order valence-electron chi connectivity index (χ0n) is 10.1. The first-order valence-corrected chi connectivity index (χ1v) is 8.70. The third-order valence-corrected chi connectivity index (χ3v) is 4.77. The predicted octanol–water partition coefficient (Wildman–Crippen LogP) is -0.0198. The van der Waals surface area contributed by atoms with Gasteiger partial charge in [0, 0.05) is 18.0 Å². The van der Waals surface area contributed by atoms with Gasteiger partial charge in [0.15, 0.2) is 0 Å². The molecule has 0 fully saturated rings. The molecule has 0 bridgehead atoms. The van der Waals surface area contributed by atoms with E-state index in [2.05, 4.69) is 4.72 Å². The number of rotatable bonds is 5. The molecule has 8 heteroatoms. The standard InChI is InChI=1S/C10H16N2O4S2/c1-8(7-17(2,13)14)12-18(15,16)10-5-3-4-9(11)6-10/h3-6,8,12H,7,11H2,1-2H3. The van der Waals surface area contributed by atoms with Crippen molar-refractivity contribution in [3.8, 4) is 0 Å². The molecule has 18 heavy (non-hydrogen) atoms. The second kappa shape index (κ2) is 5.25. The van der Waals surface area contributed by atoms with Crippen LogP contribution in [0.25, 0.3) is 0 Å². The minimum absolute atomic E-state index is 0.0165. The van der Waals surface area contributed by atoms with Gasteiger partial charge in [-0.05, 0) is 25.1 Å². The van der Waals surface area contributed by atoms with Crippen LogP contribution < -0.4 is 10.5 Å². The summed E-state index contributed by atoms with van der Waals surface area (Å²) in [4.78, 5) is 0.0165. The number of nitrogen functional groups attached to an aromatic ring is 1. The van der Waals surface area contributed by atoms with Crippen LogP contribution in [0.3, 0.4) is 0 Å². The highest BCUT2D eigenvalue weighted by Gasteiger charge is 2.19. The summed E-state index contributed by atoms with van der Waals surface area (Å²) in [5.41, 5.74) is 5.83. The van der Waals surface area contributed by atoms with Gasteiger partial charge in [-0.1, -0.05) is 6.07 Å². The minimum Gasteiger partial charge on any atom is -0.399 e. The molecular formula is C10H16N2O4S2.